The number of carbonyl (C=O) groups excluding carboxylic acids is 2. The van der Waals surface area contributed by atoms with E-state index in [9.17, 15) is 9.59 Å². The quantitative estimate of drug-likeness (QED) is 0.526. The number of amides is 2. The van der Waals surface area contributed by atoms with Gasteiger partial charge in [-0.2, -0.15) is 0 Å². The molecule has 0 spiro atoms. The van der Waals surface area contributed by atoms with E-state index in [2.05, 4.69) is 10.6 Å². The molecule has 0 bridgehead atoms. The Hall–Kier alpha value is -2.30. The van der Waals surface area contributed by atoms with Gasteiger partial charge in [0.05, 0.1) is 0 Å². The molecule has 114 valence electrons. The summed E-state index contributed by atoms with van der Waals surface area (Å²) in [6, 6.07) is 7.25. The van der Waals surface area contributed by atoms with E-state index in [4.69, 9.17) is 5.73 Å². The van der Waals surface area contributed by atoms with Crippen molar-refractivity contribution in [3.8, 4) is 0 Å². The van der Waals surface area contributed by atoms with Gasteiger partial charge in [0, 0.05) is 31.3 Å². The Balaban J connectivity index is 2.26. The lowest BCUT2D eigenvalue weighted by atomic mass is 10.2. The standard InChI is InChI=1S/C16H23N3O2/c1-12(2)11-19-16(21)8-9-18-15(20)7-6-13-4-3-5-14(17)10-13/h3-7,10,12H,8-9,11,17H2,1-2H3,(H,18,20)(H,19,21)/b7-6+. The van der Waals surface area contributed by atoms with Crippen LogP contribution in [-0.4, -0.2) is 24.9 Å². The number of nitrogen functional groups attached to an aromatic ring is 1. The van der Waals surface area contributed by atoms with Crippen molar-refractivity contribution < 1.29 is 9.59 Å². The molecule has 0 heterocycles. The zero-order valence-electron chi connectivity index (χ0n) is 12.6. The Morgan fingerprint density at radius 3 is 2.71 bits per heavy atom. The van der Waals surface area contributed by atoms with Gasteiger partial charge in [-0.05, 0) is 29.7 Å². The van der Waals surface area contributed by atoms with Crippen LogP contribution in [0.25, 0.3) is 6.08 Å². The second kappa shape index (κ2) is 8.79. The molecule has 1 rings (SSSR count). The minimum Gasteiger partial charge on any atom is -0.399 e. The first kappa shape index (κ1) is 16.8. The number of rotatable bonds is 7. The molecular formula is C16H23N3O2. The molecular weight excluding hydrogens is 266 g/mol. The van der Waals surface area contributed by atoms with E-state index in [-0.39, 0.29) is 18.2 Å². The second-order valence-electron chi connectivity index (χ2n) is 5.24. The van der Waals surface area contributed by atoms with Crippen LogP contribution in [-0.2, 0) is 9.59 Å². The second-order valence-corrected chi connectivity index (χ2v) is 5.24. The van der Waals surface area contributed by atoms with Gasteiger partial charge >= 0.3 is 0 Å². The molecule has 1 aromatic rings. The summed E-state index contributed by atoms with van der Waals surface area (Å²) in [4.78, 5) is 23.0. The Morgan fingerprint density at radius 1 is 1.29 bits per heavy atom. The molecule has 4 N–H and O–H groups in total. The topological polar surface area (TPSA) is 84.2 Å². The first-order chi connectivity index (χ1) is 9.97. The first-order valence-electron chi connectivity index (χ1n) is 7.05. The number of anilines is 1. The van der Waals surface area contributed by atoms with Crippen LogP contribution in [0.1, 0.15) is 25.8 Å². The summed E-state index contributed by atoms with van der Waals surface area (Å²) in [5.74, 6) is 0.141. The smallest absolute Gasteiger partial charge is 0.244 e. The van der Waals surface area contributed by atoms with Gasteiger partial charge in [-0.15, -0.1) is 0 Å². The highest BCUT2D eigenvalue weighted by molar-refractivity contribution is 5.92. The molecule has 21 heavy (non-hydrogen) atoms. The molecule has 0 atom stereocenters. The third-order valence-electron chi connectivity index (χ3n) is 2.70. The van der Waals surface area contributed by atoms with Crippen LogP contribution < -0.4 is 16.4 Å². The van der Waals surface area contributed by atoms with Crippen LogP contribution in [0, 0.1) is 5.92 Å². The Kier molecular flexibility index (Phi) is 7.01. The van der Waals surface area contributed by atoms with Crippen molar-refractivity contribution in [1.29, 1.82) is 0 Å². The van der Waals surface area contributed by atoms with Gasteiger partial charge in [0.15, 0.2) is 0 Å². The van der Waals surface area contributed by atoms with Gasteiger partial charge in [0.25, 0.3) is 0 Å². The zero-order valence-corrected chi connectivity index (χ0v) is 12.6. The predicted octanol–water partition coefficient (Wildman–Crippen LogP) is 1.56. The van der Waals surface area contributed by atoms with Gasteiger partial charge in [-0.1, -0.05) is 26.0 Å². The maximum absolute atomic E-state index is 11.6. The van der Waals surface area contributed by atoms with Crippen molar-refractivity contribution in [3.63, 3.8) is 0 Å². The van der Waals surface area contributed by atoms with E-state index < -0.39 is 0 Å². The predicted molar refractivity (Wildman–Crippen MR) is 85.4 cm³/mol. The van der Waals surface area contributed by atoms with Crippen molar-refractivity contribution in [2.45, 2.75) is 20.3 Å². The highest BCUT2D eigenvalue weighted by Crippen LogP contribution is 2.07. The lowest BCUT2D eigenvalue weighted by Crippen LogP contribution is -2.31. The largest absolute Gasteiger partial charge is 0.399 e. The minimum absolute atomic E-state index is 0.0520. The van der Waals surface area contributed by atoms with Crippen molar-refractivity contribution in [1.82, 2.24) is 10.6 Å². The molecule has 1 aromatic carbocycles. The van der Waals surface area contributed by atoms with E-state index in [0.29, 0.717) is 24.7 Å². The SMILES string of the molecule is CC(C)CNC(=O)CCNC(=O)/C=C/c1cccc(N)c1. The number of benzene rings is 1. The van der Waals surface area contributed by atoms with Gasteiger partial charge in [0.2, 0.25) is 11.8 Å². The highest BCUT2D eigenvalue weighted by Gasteiger charge is 2.02. The molecule has 0 radical (unpaired) electrons. The Morgan fingerprint density at radius 2 is 2.05 bits per heavy atom. The minimum atomic E-state index is -0.228. The third kappa shape index (κ3) is 7.77. The van der Waals surface area contributed by atoms with Crippen molar-refractivity contribution in [2.75, 3.05) is 18.8 Å². The molecule has 0 saturated heterocycles. The Labute approximate surface area is 125 Å². The fourth-order valence-electron chi connectivity index (χ4n) is 1.60. The maximum Gasteiger partial charge on any atom is 0.244 e. The normalized spacial score (nSPS) is 10.8. The highest BCUT2D eigenvalue weighted by atomic mass is 16.2. The van der Waals surface area contributed by atoms with E-state index in [1.54, 1.807) is 18.2 Å². The van der Waals surface area contributed by atoms with Crippen LogP contribution in [0.15, 0.2) is 30.3 Å². The summed E-state index contributed by atoms with van der Waals surface area (Å²) in [6.07, 6.45) is 3.40. The van der Waals surface area contributed by atoms with Crippen molar-refractivity contribution >= 4 is 23.6 Å². The fraction of sp³-hybridized carbons (Fsp3) is 0.375. The molecule has 0 aliphatic carbocycles. The summed E-state index contributed by atoms with van der Waals surface area (Å²) in [5.41, 5.74) is 7.16. The van der Waals surface area contributed by atoms with Crippen LogP contribution >= 0.6 is 0 Å². The van der Waals surface area contributed by atoms with Gasteiger partial charge < -0.3 is 16.4 Å². The van der Waals surface area contributed by atoms with Gasteiger partial charge in [-0.25, -0.2) is 0 Å². The van der Waals surface area contributed by atoms with Gasteiger partial charge in [0.1, 0.15) is 0 Å². The summed E-state index contributed by atoms with van der Waals surface area (Å²) in [6.45, 7) is 5.04. The number of hydrogen-bond donors (Lipinski definition) is 3. The molecule has 5 heteroatoms. The van der Waals surface area contributed by atoms with Crippen molar-refractivity contribution in [3.05, 3.63) is 35.9 Å². The van der Waals surface area contributed by atoms with Crippen molar-refractivity contribution in [2.24, 2.45) is 5.92 Å². The number of hydrogen-bond acceptors (Lipinski definition) is 3. The lowest BCUT2D eigenvalue weighted by molar-refractivity contribution is -0.121. The molecule has 0 unspecified atom stereocenters. The monoisotopic (exact) mass is 289 g/mol. The molecule has 0 fully saturated rings. The molecule has 0 saturated carbocycles. The summed E-state index contributed by atoms with van der Waals surface area (Å²) in [5, 5.41) is 5.47. The zero-order chi connectivity index (χ0) is 15.7. The van der Waals surface area contributed by atoms with E-state index in [0.717, 1.165) is 5.56 Å². The van der Waals surface area contributed by atoms with Crippen LogP contribution in [0.2, 0.25) is 0 Å². The van der Waals surface area contributed by atoms with E-state index in [1.165, 1.54) is 6.08 Å². The Bertz CT molecular complexity index is 510. The van der Waals surface area contributed by atoms with E-state index in [1.807, 2.05) is 26.0 Å². The van der Waals surface area contributed by atoms with Crippen LogP contribution in [0.4, 0.5) is 5.69 Å². The third-order valence-corrected chi connectivity index (χ3v) is 2.70. The molecule has 2 amide bonds. The lowest BCUT2D eigenvalue weighted by Gasteiger charge is -2.07. The molecule has 5 nitrogen and oxygen atoms in total. The van der Waals surface area contributed by atoms with Gasteiger partial charge in [-0.3, -0.25) is 9.59 Å². The summed E-state index contributed by atoms with van der Waals surface area (Å²) >= 11 is 0. The number of carbonyl (C=O) groups is 2. The number of nitrogens with one attached hydrogen (secondary N) is 2. The molecule has 0 aliphatic heterocycles. The maximum atomic E-state index is 11.6. The van der Waals surface area contributed by atoms with Crippen LogP contribution in [0.3, 0.4) is 0 Å². The summed E-state index contributed by atoms with van der Waals surface area (Å²) in [7, 11) is 0. The molecule has 0 aromatic heterocycles. The average Bonchev–Trinajstić information content (AvgIpc) is 2.43. The van der Waals surface area contributed by atoms with E-state index >= 15 is 0 Å². The first-order valence-corrected chi connectivity index (χ1v) is 7.05. The summed E-state index contributed by atoms with van der Waals surface area (Å²) < 4.78 is 0. The van der Waals surface area contributed by atoms with Crippen LogP contribution in [0.5, 0.6) is 0 Å². The fourth-order valence-corrected chi connectivity index (χ4v) is 1.60. The average molecular weight is 289 g/mol. The molecule has 0 aliphatic rings. The number of nitrogens with two attached hydrogens (primary N) is 1.